The van der Waals surface area contributed by atoms with Crippen LogP contribution in [0.15, 0.2) is 30.3 Å². The highest BCUT2D eigenvalue weighted by Crippen LogP contribution is 2.50. The largest absolute Gasteiger partial charge is 0.325 e. The van der Waals surface area contributed by atoms with Crippen molar-refractivity contribution in [3.05, 3.63) is 35.9 Å². The van der Waals surface area contributed by atoms with E-state index in [1.807, 2.05) is 30.3 Å². The minimum Gasteiger partial charge on any atom is -0.325 e. The van der Waals surface area contributed by atoms with E-state index in [0.29, 0.717) is 5.41 Å². The van der Waals surface area contributed by atoms with E-state index in [4.69, 9.17) is 0 Å². The van der Waals surface area contributed by atoms with E-state index < -0.39 is 0 Å². The molecular formula is C17H24N2O. The van der Waals surface area contributed by atoms with Crippen molar-refractivity contribution in [3.8, 4) is 0 Å². The summed E-state index contributed by atoms with van der Waals surface area (Å²) in [7, 11) is 0. The van der Waals surface area contributed by atoms with Crippen molar-refractivity contribution in [2.24, 2.45) is 5.41 Å². The molecule has 1 aliphatic carbocycles. The Bertz CT molecular complexity index is 481. The van der Waals surface area contributed by atoms with E-state index >= 15 is 0 Å². The fourth-order valence-electron chi connectivity index (χ4n) is 3.25. The minimum atomic E-state index is -0.159. The van der Waals surface area contributed by atoms with Crippen molar-refractivity contribution in [1.82, 2.24) is 10.2 Å². The summed E-state index contributed by atoms with van der Waals surface area (Å²) in [5.74, 6) is 0.253. The van der Waals surface area contributed by atoms with Gasteiger partial charge < -0.3 is 4.90 Å². The normalized spacial score (nSPS) is 27.9. The molecule has 1 saturated carbocycles. The first-order chi connectivity index (χ1) is 9.69. The molecule has 20 heavy (non-hydrogen) atoms. The Kier molecular flexibility index (Phi) is 3.55. The van der Waals surface area contributed by atoms with Crippen molar-refractivity contribution >= 4 is 5.91 Å². The number of hydrogen-bond donors (Lipinski definition) is 1. The zero-order valence-corrected chi connectivity index (χ0v) is 12.4. The van der Waals surface area contributed by atoms with Crippen LogP contribution in [0.5, 0.6) is 0 Å². The van der Waals surface area contributed by atoms with Gasteiger partial charge in [0.1, 0.15) is 6.04 Å². The van der Waals surface area contributed by atoms with Gasteiger partial charge in [-0.3, -0.25) is 10.1 Å². The monoisotopic (exact) mass is 272 g/mol. The summed E-state index contributed by atoms with van der Waals surface area (Å²) in [4.78, 5) is 14.9. The quantitative estimate of drug-likeness (QED) is 0.893. The zero-order chi connectivity index (χ0) is 14.2. The number of hydrogen-bond acceptors (Lipinski definition) is 2. The number of carbonyl (C=O) groups excluding carboxylic acids is 1. The lowest BCUT2D eigenvalue weighted by Gasteiger charge is -2.27. The van der Waals surface area contributed by atoms with E-state index in [1.54, 1.807) is 0 Å². The predicted molar refractivity (Wildman–Crippen MR) is 80.1 cm³/mol. The molecule has 1 aromatic carbocycles. The molecule has 1 aromatic rings. The van der Waals surface area contributed by atoms with E-state index in [0.717, 1.165) is 18.5 Å². The first-order valence-electron chi connectivity index (χ1n) is 7.80. The highest BCUT2D eigenvalue weighted by molar-refractivity contribution is 5.85. The maximum atomic E-state index is 12.8. The summed E-state index contributed by atoms with van der Waals surface area (Å²) < 4.78 is 0. The molecule has 2 fully saturated rings. The molecule has 0 spiro atoms. The van der Waals surface area contributed by atoms with E-state index in [-0.39, 0.29) is 18.1 Å². The van der Waals surface area contributed by atoms with Gasteiger partial charge in [-0.05, 0) is 36.7 Å². The summed E-state index contributed by atoms with van der Waals surface area (Å²) in [6.07, 6.45) is 4.90. The fourth-order valence-corrected chi connectivity index (χ4v) is 3.25. The summed E-state index contributed by atoms with van der Waals surface area (Å²) in [5, 5.41) is 3.51. The molecule has 3 rings (SSSR count). The van der Waals surface area contributed by atoms with Crippen LogP contribution in [-0.4, -0.2) is 23.5 Å². The van der Waals surface area contributed by atoms with Crippen molar-refractivity contribution < 1.29 is 4.79 Å². The van der Waals surface area contributed by atoms with Gasteiger partial charge in [-0.15, -0.1) is 0 Å². The van der Waals surface area contributed by atoms with Crippen molar-refractivity contribution in [2.45, 2.75) is 51.7 Å². The summed E-state index contributed by atoms with van der Waals surface area (Å²) >= 11 is 0. The maximum absolute atomic E-state index is 12.8. The van der Waals surface area contributed by atoms with Gasteiger partial charge in [-0.2, -0.15) is 0 Å². The summed E-state index contributed by atoms with van der Waals surface area (Å²) in [5.41, 5.74) is 1.50. The Labute approximate surface area is 121 Å². The zero-order valence-electron chi connectivity index (χ0n) is 12.4. The van der Waals surface area contributed by atoms with E-state index in [9.17, 15) is 4.79 Å². The number of nitrogens with zero attached hydrogens (tertiary/aromatic N) is 1. The Balaban J connectivity index is 1.79. The van der Waals surface area contributed by atoms with Crippen molar-refractivity contribution in [3.63, 3.8) is 0 Å². The average molecular weight is 272 g/mol. The predicted octanol–water partition coefficient (Wildman–Crippen LogP) is 3.09. The van der Waals surface area contributed by atoms with Gasteiger partial charge in [0.2, 0.25) is 5.91 Å². The molecule has 1 amide bonds. The number of nitrogens with one attached hydrogen (secondary N) is 1. The Hall–Kier alpha value is -1.35. The van der Waals surface area contributed by atoms with Crippen LogP contribution in [0.3, 0.4) is 0 Å². The van der Waals surface area contributed by atoms with Gasteiger partial charge in [0.15, 0.2) is 0 Å². The molecule has 0 radical (unpaired) electrons. The van der Waals surface area contributed by atoms with Crippen LogP contribution in [0.4, 0.5) is 0 Å². The third-order valence-electron chi connectivity index (χ3n) is 5.00. The lowest BCUT2D eigenvalue weighted by Crippen LogP contribution is -2.40. The fraction of sp³-hybridized carbons (Fsp3) is 0.588. The van der Waals surface area contributed by atoms with Gasteiger partial charge in [0.05, 0.1) is 6.17 Å². The second-order valence-corrected chi connectivity index (χ2v) is 6.25. The van der Waals surface area contributed by atoms with Gasteiger partial charge >= 0.3 is 0 Å². The molecule has 1 N–H and O–H groups in total. The molecule has 2 atom stereocenters. The molecule has 3 nitrogen and oxygen atoms in total. The Morgan fingerprint density at radius 2 is 1.95 bits per heavy atom. The van der Waals surface area contributed by atoms with Crippen LogP contribution in [0.25, 0.3) is 0 Å². The minimum absolute atomic E-state index is 0.159. The van der Waals surface area contributed by atoms with Gasteiger partial charge in [0.25, 0.3) is 0 Å². The first kappa shape index (κ1) is 13.6. The van der Waals surface area contributed by atoms with Crippen LogP contribution in [0.2, 0.25) is 0 Å². The van der Waals surface area contributed by atoms with Crippen LogP contribution < -0.4 is 5.32 Å². The van der Waals surface area contributed by atoms with Crippen LogP contribution >= 0.6 is 0 Å². The van der Waals surface area contributed by atoms with Crippen LogP contribution in [-0.2, 0) is 4.79 Å². The van der Waals surface area contributed by atoms with Gasteiger partial charge in [0, 0.05) is 6.54 Å². The van der Waals surface area contributed by atoms with Gasteiger partial charge in [-0.1, -0.05) is 44.2 Å². The summed E-state index contributed by atoms with van der Waals surface area (Å²) in [6, 6.07) is 9.92. The standard InChI is InChI=1S/C17H24N2O/c1-3-14-18-15(13-8-6-5-7-9-13)16(20)19(14)12-17(4-2)10-11-17/h5-9,14-15,18H,3-4,10-12H2,1-2H3. The van der Waals surface area contributed by atoms with Crippen molar-refractivity contribution in [1.29, 1.82) is 0 Å². The molecule has 3 heteroatoms. The van der Waals surface area contributed by atoms with Crippen LogP contribution in [0.1, 0.15) is 51.1 Å². The molecule has 2 aliphatic rings. The molecule has 1 saturated heterocycles. The highest BCUT2D eigenvalue weighted by Gasteiger charge is 2.47. The van der Waals surface area contributed by atoms with Crippen molar-refractivity contribution in [2.75, 3.05) is 6.54 Å². The van der Waals surface area contributed by atoms with Gasteiger partial charge in [-0.25, -0.2) is 0 Å². The third-order valence-corrected chi connectivity index (χ3v) is 5.00. The topological polar surface area (TPSA) is 32.3 Å². The number of carbonyl (C=O) groups is 1. The summed E-state index contributed by atoms with van der Waals surface area (Å²) in [6.45, 7) is 5.32. The molecule has 2 unspecified atom stereocenters. The molecule has 0 bridgehead atoms. The highest BCUT2D eigenvalue weighted by atomic mass is 16.2. The molecule has 108 valence electrons. The van der Waals surface area contributed by atoms with E-state index in [1.165, 1.54) is 19.3 Å². The number of rotatable bonds is 5. The SMILES string of the molecule is CCC1NC(c2ccccc2)C(=O)N1CC1(CC)CC1. The number of amides is 1. The second-order valence-electron chi connectivity index (χ2n) is 6.25. The Morgan fingerprint density at radius 1 is 1.25 bits per heavy atom. The molecule has 1 heterocycles. The maximum Gasteiger partial charge on any atom is 0.245 e. The van der Waals surface area contributed by atoms with E-state index in [2.05, 4.69) is 24.1 Å². The molecular weight excluding hydrogens is 248 g/mol. The van der Waals surface area contributed by atoms with Crippen LogP contribution in [0, 0.1) is 5.41 Å². The first-order valence-corrected chi connectivity index (χ1v) is 7.80. The third kappa shape index (κ3) is 2.35. The second kappa shape index (κ2) is 5.21. The molecule has 1 aliphatic heterocycles. The lowest BCUT2D eigenvalue weighted by atomic mass is 10.0. The smallest absolute Gasteiger partial charge is 0.245 e. The number of benzene rings is 1. The average Bonchev–Trinajstić information content (AvgIpc) is 3.20. The lowest BCUT2D eigenvalue weighted by molar-refractivity contribution is -0.131. The Morgan fingerprint density at radius 3 is 2.50 bits per heavy atom. The molecule has 0 aromatic heterocycles.